The molecule has 0 aliphatic carbocycles. The molecule has 1 heterocycles. The summed E-state index contributed by atoms with van der Waals surface area (Å²) < 4.78 is 4.25. The van der Waals surface area contributed by atoms with E-state index in [0.717, 1.165) is 18.5 Å². The lowest BCUT2D eigenvalue weighted by Gasteiger charge is -2.24. The van der Waals surface area contributed by atoms with Gasteiger partial charge in [-0.1, -0.05) is 52.4 Å². The molecule has 0 N–H and O–H groups in total. The molecule has 2 atom stereocenters. The third kappa shape index (κ3) is 5.05. The number of hydrogen-bond acceptors (Lipinski definition) is 1. The van der Waals surface area contributed by atoms with E-state index in [1.165, 1.54) is 38.5 Å². The molecule has 21 heavy (non-hydrogen) atoms. The fraction of sp³-hybridized carbons (Fsp3) is 0.833. The molecule has 0 amide bonds. The molecule has 0 saturated carbocycles. The van der Waals surface area contributed by atoms with Crippen molar-refractivity contribution in [3.8, 4) is 0 Å². The predicted molar refractivity (Wildman–Crippen MR) is 91.1 cm³/mol. The lowest BCUT2D eigenvalue weighted by Crippen LogP contribution is -2.28. The Morgan fingerprint density at radius 1 is 0.905 bits per heavy atom. The summed E-state index contributed by atoms with van der Waals surface area (Å²) in [5.41, 5.74) is 1.27. The average molecular weight is 294 g/mol. The van der Waals surface area contributed by atoms with Gasteiger partial charge < -0.3 is 0 Å². The summed E-state index contributed by atoms with van der Waals surface area (Å²) in [5.74, 6) is 0. The topological polar surface area (TPSA) is 26.9 Å². The van der Waals surface area contributed by atoms with Crippen molar-refractivity contribution in [2.75, 3.05) is 0 Å². The van der Waals surface area contributed by atoms with E-state index in [1.807, 2.05) is 4.68 Å². The monoisotopic (exact) mass is 294 g/mol. The molecule has 1 rings (SSSR count). The van der Waals surface area contributed by atoms with Gasteiger partial charge in [-0.3, -0.25) is 9.48 Å². The van der Waals surface area contributed by atoms with Crippen molar-refractivity contribution >= 4 is 0 Å². The Kier molecular flexibility index (Phi) is 7.84. The highest BCUT2D eigenvalue weighted by atomic mass is 16.1. The Morgan fingerprint density at radius 3 is 1.86 bits per heavy atom. The van der Waals surface area contributed by atoms with Crippen LogP contribution in [0.3, 0.4) is 0 Å². The Hall–Kier alpha value is -0.990. The van der Waals surface area contributed by atoms with Gasteiger partial charge in [-0.2, -0.15) is 0 Å². The van der Waals surface area contributed by atoms with Crippen LogP contribution in [0.4, 0.5) is 0 Å². The van der Waals surface area contributed by atoms with E-state index in [4.69, 9.17) is 0 Å². The molecular weight excluding hydrogens is 260 g/mol. The van der Waals surface area contributed by atoms with Crippen LogP contribution in [0.1, 0.15) is 96.8 Å². The molecule has 0 saturated heterocycles. The first-order chi connectivity index (χ1) is 10.0. The van der Waals surface area contributed by atoms with Gasteiger partial charge >= 0.3 is 0 Å². The highest BCUT2D eigenvalue weighted by molar-refractivity contribution is 5.02. The Balaban J connectivity index is 2.85. The van der Waals surface area contributed by atoms with E-state index >= 15 is 0 Å². The van der Waals surface area contributed by atoms with Crippen molar-refractivity contribution in [3.05, 3.63) is 22.1 Å². The fourth-order valence-corrected chi connectivity index (χ4v) is 3.20. The number of aryl methyl sites for hydroxylation is 1. The maximum atomic E-state index is 12.3. The van der Waals surface area contributed by atoms with E-state index in [1.54, 1.807) is 6.07 Å². The third-order valence-electron chi connectivity index (χ3n) is 4.44. The Bertz CT molecular complexity index is 458. The minimum absolute atomic E-state index is 0.166. The van der Waals surface area contributed by atoms with Crippen LogP contribution in [-0.2, 0) is 0 Å². The molecule has 0 spiro atoms. The van der Waals surface area contributed by atoms with Crippen molar-refractivity contribution in [3.63, 3.8) is 0 Å². The molecular formula is C18H34N2O. The van der Waals surface area contributed by atoms with Gasteiger partial charge in [0.25, 0.3) is 5.56 Å². The molecule has 3 heteroatoms. The first kappa shape index (κ1) is 18.1. The highest BCUT2D eigenvalue weighted by Gasteiger charge is 2.17. The summed E-state index contributed by atoms with van der Waals surface area (Å²) in [6, 6.07) is 2.51. The summed E-state index contributed by atoms with van der Waals surface area (Å²) in [7, 11) is 0. The van der Waals surface area contributed by atoms with Gasteiger partial charge in [0.1, 0.15) is 0 Å². The molecule has 1 aromatic heterocycles. The van der Waals surface area contributed by atoms with Crippen molar-refractivity contribution in [1.82, 2.24) is 9.36 Å². The zero-order valence-corrected chi connectivity index (χ0v) is 14.7. The second kappa shape index (κ2) is 9.11. The van der Waals surface area contributed by atoms with Crippen molar-refractivity contribution < 1.29 is 0 Å². The van der Waals surface area contributed by atoms with E-state index in [0.29, 0.717) is 12.1 Å². The van der Waals surface area contributed by atoms with Crippen molar-refractivity contribution in [2.45, 2.75) is 98.1 Å². The minimum atomic E-state index is 0.166. The first-order valence-corrected chi connectivity index (χ1v) is 8.83. The van der Waals surface area contributed by atoms with Crippen LogP contribution in [0, 0.1) is 6.92 Å². The highest BCUT2D eigenvalue weighted by Crippen LogP contribution is 2.21. The SMILES string of the molecule is CCCCCC(C)n1c(C)cc(=O)n1C(C)CCCCC. The van der Waals surface area contributed by atoms with Crippen molar-refractivity contribution in [2.24, 2.45) is 0 Å². The lowest BCUT2D eigenvalue weighted by molar-refractivity contribution is 0.301. The number of rotatable bonds is 10. The number of aromatic nitrogens is 2. The molecule has 0 aromatic carbocycles. The molecule has 122 valence electrons. The van der Waals surface area contributed by atoms with E-state index in [-0.39, 0.29) is 5.56 Å². The number of nitrogens with zero attached hydrogens (tertiary/aromatic N) is 2. The molecule has 0 radical (unpaired) electrons. The minimum Gasteiger partial charge on any atom is -0.284 e. The van der Waals surface area contributed by atoms with Crippen LogP contribution < -0.4 is 5.56 Å². The first-order valence-electron chi connectivity index (χ1n) is 8.83. The average Bonchev–Trinajstić information content (AvgIpc) is 2.74. The maximum Gasteiger partial charge on any atom is 0.267 e. The van der Waals surface area contributed by atoms with Gasteiger partial charge in [0, 0.05) is 17.8 Å². The second-order valence-electron chi connectivity index (χ2n) is 6.50. The van der Waals surface area contributed by atoms with Crippen LogP contribution in [0.25, 0.3) is 0 Å². The summed E-state index contributed by atoms with van der Waals surface area (Å²) in [6.07, 6.45) is 9.72. The van der Waals surface area contributed by atoms with Crippen LogP contribution in [-0.4, -0.2) is 9.36 Å². The fourth-order valence-electron chi connectivity index (χ4n) is 3.20. The maximum absolute atomic E-state index is 12.3. The standard InChI is InChI=1S/C18H34N2O/c1-6-8-10-12-15(3)19-17(5)14-18(21)20(19)16(4)13-11-9-7-2/h14-16H,6-13H2,1-5H3. The molecule has 0 fully saturated rings. The normalized spacial score (nSPS) is 14.3. The molecule has 0 bridgehead atoms. The van der Waals surface area contributed by atoms with Crippen LogP contribution in [0.2, 0.25) is 0 Å². The van der Waals surface area contributed by atoms with Gasteiger partial charge in [-0.25, -0.2) is 4.68 Å². The van der Waals surface area contributed by atoms with Gasteiger partial charge in [0.2, 0.25) is 0 Å². The molecule has 0 aliphatic rings. The van der Waals surface area contributed by atoms with Crippen molar-refractivity contribution in [1.29, 1.82) is 0 Å². The largest absolute Gasteiger partial charge is 0.284 e. The zero-order valence-electron chi connectivity index (χ0n) is 14.7. The Labute approximate surface area is 130 Å². The van der Waals surface area contributed by atoms with Gasteiger partial charge in [0.15, 0.2) is 0 Å². The van der Waals surface area contributed by atoms with Crippen LogP contribution in [0.15, 0.2) is 10.9 Å². The van der Waals surface area contributed by atoms with Crippen LogP contribution in [0.5, 0.6) is 0 Å². The summed E-state index contributed by atoms with van der Waals surface area (Å²) in [5, 5.41) is 0. The summed E-state index contributed by atoms with van der Waals surface area (Å²) in [6.45, 7) is 11.0. The predicted octanol–water partition coefficient (Wildman–Crippen LogP) is 5.24. The Morgan fingerprint density at radius 2 is 1.38 bits per heavy atom. The van der Waals surface area contributed by atoms with Gasteiger partial charge in [-0.05, 0) is 33.6 Å². The number of unbranched alkanes of at least 4 members (excludes halogenated alkanes) is 4. The third-order valence-corrected chi connectivity index (χ3v) is 4.44. The van der Waals surface area contributed by atoms with Crippen LogP contribution >= 0.6 is 0 Å². The van der Waals surface area contributed by atoms with Gasteiger partial charge in [-0.15, -0.1) is 0 Å². The summed E-state index contributed by atoms with van der Waals surface area (Å²) in [4.78, 5) is 12.3. The van der Waals surface area contributed by atoms with E-state index < -0.39 is 0 Å². The van der Waals surface area contributed by atoms with Gasteiger partial charge in [0.05, 0.1) is 6.04 Å². The summed E-state index contributed by atoms with van der Waals surface area (Å²) >= 11 is 0. The number of hydrogen-bond donors (Lipinski definition) is 0. The molecule has 0 aliphatic heterocycles. The lowest BCUT2D eigenvalue weighted by atomic mass is 10.1. The quantitative estimate of drug-likeness (QED) is 0.542. The van der Waals surface area contributed by atoms with E-state index in [2.05, 4.69) is 39.3 Å². The second-order valence-corrected chi connectivity index (χ2v) is 6.50. The zero-order chi connectivity index (χ0) is 15.8. The molecule has 1 aromatic rings. The van der Waals surface area contributed by atoms with E-state index in [9.17, 15) is 4.79 Å². The smallest absolute Gasteiger partial charge is 0.267 e. The molecule has 2 unspecified atom stereocenters. The molecule has 3 nitrogen and oxygen atoms in total.